The molecule has 102 valence electrons. The summed E-state index contributed by atoms with van der Waals surface area (Å²) < 4.78 is 5.44. The Labute approximate surface area is 114 Å². The van der Waals surface area contributed by atoms with E-state index in [1.807, 2.05) is 32.9 Å². The summed E-state index contributed by atoms with van der Waals surface area (Å²) in [6.07, 6.45) is 1.90. The number of nitrogens with zero attached hydrogens (tertiary/aromatic N) is 1. The summed E-state index contributed by atoms with van der Waals surface area (Å²) in [6, 6.07) is 6.08. The molecule has 0 saturated carbocycles. The zero-order valence-electron chi connectivity index (χ0n) is 12.2. The van der Waals surface area contributed by atoms with Crippen LogP contribution in [0.25, 0.3) is 11.0 Å². The van der Waals surface area contributed by atoms with E-state index in [1.165, 1.54) is 0 Å². The highest BCUT2D eigenvalue weighted by Gasteiger charge is 2.09. The van der Waals surface area contributed by atoms with Gasteiger partial charge in [0.05, 0.1) is 12.0 Å². The van der Waals surface area contributed by atoms with E-state index in [4.69, 9.17) is 9.25 Å². The molecule has 0 radical (unpaired) electrons. The number of rotatable bonds is 4. The molecule has 1 unspecified atom stereocenters. The van der Waals surface area contributed by atoms with Gasteiger partial charge in [0.1, 0.15) is 11.7 Å². The van der Waals surface area contributed by atoms with Crippen molar-refractivity contribution in [3.8, 4) is 0 Å². The van der Waals surface area contributed by atoms with Gasteiger partial charge in [-0.3, -0.25) is 0 Å². The molecule has 19 heavy (non-hydrogen) atoms. The number of hydrogen-bond donors (Lipinski definition) is 0. The minimum atomic E-state index is 0.120. The molecule has 0 spiro atoms. The Morgan fingerprint density at radius 1 is 1.26 bits per heavy atom. The van der Waals surface area contributed by atoms with Gasteiger partial charge in [-0.05, 0) is 56.0 Å². The second kappa shape index (κ2) is 5.47. The number of hydrogen-bond acceptors (Lipinski definition) is 3. The number of oxime groups is 1. The van der Waals surface area contributed by atoms with Gasteiger partial charge in [0, 0.05) is 5.39 Å². The van der Waals surface area contributed by atoms with Gasteiger partial charge in [0.2, 0.25) is 0 Å². The first-order chi connectivity index (χ1) is 8.99. The Hall–Kier alpha value is -1.77. The highest BCUT2D eigenvalue weighted by Crippen LogP contribution is 2.22. The lowest BCUT2D eigenvalue weighted by Gasteiger charge is -2.13. The quantitative estimate of drug-likeness (QED) is 0.597. The lowest BCUT2D eigenvalue weighted by molar-refractivity contribution is 0.0404. The summed E-state index contributed by atoms with van der Waals surface area (Å²) in [5, 5.41) is 5.35. The molecule has 0 aliphatic carbocycles. The predicted molar refractivity (Wildman–Crippen MR) is 78.5 cm³/mol. The second-order valence-corrected chi connectivity index (χ2v) is 5.36. The molecule has 3 nitrogen and oxygen atoms in total. The molecule has 1 aromatic carbocycles. The van der Waals surface area contributed by atoms with Crippen molar-refractivity contribution < 1.29 is 9.25 Å². The second-order valence-electron chi connectivity index (χ2n) is 5.36. The minimum Gasteiger partial charge on any atom is -0.464 e. The van der Waals surface area contributed by atoms with E-state index in [2.05, 4.69) is 25.1 Å². The Morgan fingerprint density at radius 2 is 2.00 bits per heavy atom. The summed E-state index contributed by atoms with van der Waals surface area (Å²) in [4.78, 5) is 5.51. The molecule has 0 saturated heterocycles. The van der Waals surface area contributed by atoms with Crippen LogP contribution in [0.15, 0.2) is 34.0 Å². The highest BCUT2D eigenvalue weighted by molar-refractivity contribution is 6.01. The van der Waals surface area contributed by atoms with Crippen molar-refractivity contribution in [2.75, 3.05) is 0 Å². The largest absolute Gasteiger partial charge is 0.464 e. The number of fused-ring (bicyclic) bond motifs is 1. The molecule has 1 atom stereocenters. The highest BCUT2D eigenvalue weighted by atomic mass is 16.6. The van der Waals surface area contributed by atoms with Crippen molar-refractivity contribution >= 4 is 16.7 Å². The monoisotopic (exact) mass is 259 g/mol. The fourth-order valence-corrected chi connectivity index (χ4v) is 1.72. The molecule has 2 aromatic rings. The first kappa shape index (κ1) is 13.7. The molecule has 0 fully saturated rings. The maximum Gasteiger partial charge on any atom is 0.134 e. The van der Waals surface area contributed by atoms with Crippen LogP contribution in [-0.4, -0.2) is 11.8 Å². The Balaban J connectivity index is 2.23. The molecule has 3 heteroatoms. The predicted octanol–water partition coefficient (Wildman–Crippen LogP) is 4.53. The molecule has 0 aliphatic rings. The normalized spacial score (nSPS) is 14.1. The van der Waals surface area contributed by atoms with Crippen molar-refractivity contribution in [2.24, 2.45) is 11.1 Å². The summed E-state index contributed by atoms with van der Waals surface area (Å²) in [5.74, 6) is 0.454. The molecule has 0 aliphatic heterocycles. The average Bonchev–Trinajstić information content (AvgIpc) is 2.76. The van der Waals surface area contributed by atoms with Gasteiger partial charge in [0.15, 0.2) is 0 Å². The fraction of sp³-hybridized carbons (Fsp3) is 0.438. The van der Waals surface area contributed by atoms with E-state index < -0.39 is 0 Å². The van der Waals surface area contributed by atoms with Gasteiger partial charge in [-0.15, -0.1) is 0 Å². The summed E-state index contributed by atoms with van der Waals surface area (Å²) in [6.45, 7) is 10.3. The lowest BCUT2D eigenvalue weighted by atomic mass is 10.1. The zero-order valence-corrected chi connectivity index (χ0v) is 12.2. The standard InChI is InChI=1S/C16H21NO2/c1-10(2)13(5)19-17-12(4)14-6-7-16-15(8-14)11(3)9-18-16/h6-10,13H,1-5H3. The SMILES string of the molecule is CC(=NOC(C)C(C)C)c1ccc2occ(C)c2c1. The van der Waals surface area contributed by atoms with Crippen LogP contribution < -0.4 is 0 Å². The third-order valence-electron chi connectivity index (χ3n) is 3.48. The van der Waals surface area contributed by atoms with Crippen LogP contribution in [0.1, 0.15) is 38.8 Å². The van der Waals surface area contributed by atoms with Crippen molar-refractivity contribution in [2.45, 2.75) is 40.7 Å². The van der Waals surface area contributed by atoms with Crippen LogP contribution in [0.4, 0.5) is 0 Å². The minimum absolute atomic E-state index is 0.120. The summed E-state index contributed by atoms with van der Waals surface area (Å²) in [5.41, 5.74) is 3.99. The molecule has 0 bridgehead atoms. The van der Waals surface area contributed by atoms with E-state index in [0.29, 0.717) is 5.92 Å². The van der Waals surface area contributed by atoms with Crippen LogP contribution >= 0.6 is 0 Å². The van der Waals surface area contributed by atoms with Crippen molar-refractivity contribution in [1.29, 1.82) is 0 Å². The first-order valence-electron chi connectivity index (χ1n) is 6.67. The van der Waals surface area contributed by atoms with Gasteiger partial charge in [0.25, 0.3) is 0 Å². The smallest absolute Gasteiger partial charge is 0.134 e. The van der Waals surface area contributed by atoms with Gasteiger partial charge in [-0.1, -0.05) is 19.0 Å². The van der Waals surface area contributed by atoms with Crippen molar-refractivity contribution in [1.82, 2.24) is 0 Å². The summed E-state index contributed by atoms with van der Waals surface area (Å²) in [7, 11) is 0. The van der Waals surface area contributed by atoms with Gasteiger partial charge in [-0.2, -0.15) is 0 Å². The topological polar surface area (TPSA) is 34.7 Å². The number of benzene rings is 1. The molecule has 2 rings (SSSR count). The van der Waals surface area contributed by atoms with Crippen LogP contribution in [-0.2, 0) is 4.84 Å². The number of aryl methyl sites for hydroxylation is 1. The Kier molecular flexibility index (Phi) is 3.93. The molecular formula is C16H21NO2. The molecule has 1 heterocycles. The van der Waals surface area contributed by atoms with E-state index in [0.717, 1.165) is 27.8 Å². The molecule has 0 amide bonds. The van der Waals surface area contributed by atoms with Crippen molar-refractivity contribution in [3.05, 3.63) is 35.6 Å². The van der Waals surface area contributed by atoms with E-state index in [9.17, 15) is 0 Å². The lowest BCUT2D eigenvalue weighted by Crippen LogP contribution is -2.13. The molecular weight excluding hydrogens is 238 g/mol. The van der Waals surface area contributed by atoms with E-state index in [1.54, 1.807) is 6.26 Å². The summed E-state index contributed by atoms with van der Waals surface area (Å²) >= 11 is 0. The van der Waals surface area contributed by atoms with Gasteiger partial charge < -0.3 is 9.25 Å². The Bertz CT molecular complexity index is 596. The Morgan fingerprint density at radius 3 is 2.68 bits per heavy atom. The maximum absolute atomic E-state index is 5.51. The third-order valence-corrected chi connectivity index (χ3v) is 3.48. The fourth-order valence-electron chi connectivity index (χ4n) is 1.72. The molecule has 1 aromatic heterocycles. The van der Waals surface area contributed by atoms with E-state index in [-0.39, 0.29) is 6.10 Å². The number of furan rings is 1. The van der Waals surface area contributed by atoms with Crippen LogP contribution in [0.5, 0.6) is 0 Å². The zero-order chi connectivity index (χ0) is 14.0. The van der Waals surface area contributed by atoms with Crippen LogP contribution in [0.3, 0.4) is 0 Å². The average molecular weight is 259 g/mol. The van der Waals surface area contributed by atoms with E-state index >= 15 is 0 Å². The third kappa shape index (κ3) is 2.98. The molecule has 0 N–H and O–H groups in total. The van der Waals surface area contributed by atoms with Crippen molar-refractivity contribution in [3.63, 3.8) is 0 Å². The maximum atomic E-state index is 5.51. The van der Waals surface area contributed by atoms with Crippen LogP contribution in [0, 0.1) is 12.8 Å². The van der Waals surface area contributed by atoms with Crippen LogP contribution in [0.2, 0.25) is 0 Å². The van der Waals surface area contributed by atoms with Gasteiger partial charge in [-0.25, -0.2) is 0 Å². The van der Waals surface area contributed by atoms with Gasteiger partial charge >= 0.3 is 0 Å². The first-order valence-corrected chi connectivity index (χ1v) is 6.67.